The van der Waals surface area contributed by atoms with Gasteiger partial charge in [-0.2, -0.15) is 4.57 Å². The molecule has 0 fully saturated rings. The van der Waals surface area contributed by atoms with Crippen LogP contribution in [0.3, 0.4) is 0 Å². The topological polar surface area (TPSA) is 30.8 Å². The first-order chi connectivity index (χ1) is 5.79. The van der Waals surface area contributed by atoms with E-state index < -0.39 is 0 Å². The van der Waals surface area contributed by atoms with Gasteiger partial charge in [-0.1, -0.05) is 27.7 Å². The predicted octanol–water partition coefficient (Wildman–Crippen LogP) is 1.20. The van der Waals surface area contributed by atoms with Crippen molar-refractivity contribution in [1.29, 1.82) is 0 Å². The Morgan fingerprint density at radius 1 is 1.00 bits per heavy atom. The van der Waals surface area contributed by atoms with Crippen molar-refractivity contribution in [2.75, 3.05) is 0 Å². The normalized spacial score (nSPS) is 7.08. The highest BCUT2D eigenvalue weighted by Gasteiger charge is 1.91. The molecule has 0 unspecified atom stereocenters. The SMILES string of the molecule is CC.CC.C[n+]1ccc[n+]([O-])c1. The molecule has 0 saturated heterocycles. The number of rotatable bonds is 0. The monoisotopic (exact) mass is 171 g/mol. The van der Waals surface area contributed by atoms with Gasteiger partial charge in [-0.15, -0.1) is 4.73 Å². The summed E-state index contributed by atoms with van der Waals surface area (Å²) in [7, 11) is 1.80. The van der Waals surface area contributed by atoms with Gasteiger partial charge in [0.25, 0.3) is 0 Å². The second kappa shape index (κ2) is 9.88. The highest BCUT2D eigenvalue weighted by molar-refractivity contribution is 4.63. The summed E-state index contributed by atoms with van der Waals surface area (Å²) in [5.74, 6) is 0. The second-order valence-electron chi connectivity index (χ2n) is 1.63. The summed E-state index contributed by atoms with van der Waals surface area (Å²) in [4.78, 5) is 0. The predicted molar refractivity (Wildman–Crippen MR) is 49.3 cm³/mol. The number of aryl methyl sites for hydroxylation is 1. The molecule has 0 saturated carbocycles. The third-order valence-corrected chi connectivity index (χ3v) is 0.850. The van der Waals surface area contributed by atoms with E-state index in [1.165, 1.54) is 12.5 Å². The molecule has 0 N–H and O–H groups in total. The van der Waals surface area contributed by atoms with E-state index in [1.54, 1.807) is 23.9 Å². The molecule has 0 atom stereocenters. The summed E-state index contributed by atoms with van der Waals surface area (Å²) in [5.41, 5.74) is 0. The Morgan fingerprint density at radius 2 is 1.50 bits per heavy atom. The van der Waals surface area contributed by atoms with Gasteiger partial charge >= 0.3 is 6.33 Å². The Kier molecular flexibility index (Phi) is 11.1. The van der Waals surface area contributed by atoms with E-state index in [2.05, 4.69) is 0 Å². The number of nitrogens with zero attached hydrogens (tertiary/aromatic N) is 2. The summed E-state index contributed by atoms with van der Waals surface area (Å²) in [6.45, 7) is 8.00. The van der Waals surface area contributed by atoms with E-state index in [9.17, 15) is 5.21 Å². The minimum absolute atomic E-state index is 0.750. The molecule has 12 heavy (non-hydrogen) atoms. The van der Waals surface area contributed by atoms with Crippen molar-refractivity contribution in [3.05, 3.63) is 30.0 Å². The van der Waals surface area contributed by atoms with Crippen molar-refractivity contribution in [3.63, 3.8) is 0 Å². The highest BCUT2D eigenvalue weighted by Crippen LogP contribution is 1.62. The molecule has 0 aliphatic carbocycles. The van der Waals surface area contributed by atoms with Crippen molar-refractivity contribution in [1.82, 2.24) is 0 Å². The van der Waals surface area contributed by atoms with Crippen LogP contribution >= 0.6 is 0 Å². The summed E-state index contributed by atoms with van der Waals surface area (Å²) in [6.07, 6.45) is 4.69. The largest absolute Gasteiger partial charge is 0.614 e. The van der Waals surface area contributed by atoms with Crippen LogP contribution in [0.1, 0.15) is 27.7 Å². The Balaban J connectivity index is 0. The lowest BCUT2D eigenvalue weighted by atomic mass is 10.7. The second-order valence-corrected chi connectivity index (χ2v) is 1.63. The molecule has 3 heteroatoms. The van der Waals surface area contributed by atoms with E-state index in [4.69, 9.17) is 0 Å². The Morgan fingerprint density at radius 3 is 1.75 bits per heavy atom. The molecule has 0 aliphatic heterocycles. The molecular weight excluding hydrogens is 152 g/mol. The van der Waals surface area contributed by atoms with Gasteiger partial charge < -0.3 is 5.21 Å². The van der Waals surface area contributed by atoms with Crippen molar-refractivity contribution >= 4 is 0 Å². The Labute approximate surface area is 74.9 Å². The average Bonchev–Trinajstić information content (AvgIpc) is 2.11. The lowest BCUT2D eigenvalue weighted by Crippen LogP contribution is -2.40. The molecule has 70 valence electrons. The van der Waals surface area contributed by atoms with Gasteiger partial charge in [-0.3, -0.25) is 0 Å². The molecule has 0 aliphatic rings. The number of aromatic nitrogens is 2. The standard InChI is InChI=1S/C5H7N2O.2C2H6/c1-6-3-2-4-7(8)5-6;2*1-2/h2-5H,1H3;2*1-2H3/q+1;;. The van der Waals surface area contributed by atoms with Crippen LogP contribution in [0.5, 0.6) is 0 Å². The van der Waals surface area contributed by atoms with Crippen molar-refractivity contribution in [2.45, 2.75) is 27.7 Å². The fourth-order valence-electron chi connectivity index (χ4n) is 0.516. The van der Waals surface area contributed by atoms with Crippen molar-refractivity contribution in [2.24, 2.45) is 7.05 Å². The zero-order valence-electron chi connectivity index (χ0n) is 8.61. The van der Waals surface area contributed by atoms with E-state index in [0.29, 0.717) is 0 Å². The first-order valence-corrected chi connectivity index (χ1v) is 4.33. The third kappa shape index (κ3) is 6.99. The molecule has 0 aromatic carbocycles. The zero-order valence-corrected chi connectivity index (χ0v) is 8.61. The molecule has 1 rings (SSSR count). The van der Waals surface area contributed by atoms with Gasteiger partial charge in [0.05, 0.1) is 6.07 Å². The fraction of sp³-hybridized carbons (Fsp3) is 0.556. The van der Waals surface area contributed by atoms with Gasteiger partial charge in [0.15, 0.2) is 12.4 Å². The third-order valence-electron chi connectivity index (χ3n) is 0.850. The van der Waals surface area contributed by atoms with Crippen molar-refractivity contribution < 1.29 is 9.30 Å². The van der Waals surface area contributed by atoms with Crippen LogP contribution in [0.4, 0.5) is 0 Å². The van der Waals surface area contributed by atoms with Crippen LogP contribution in [-0.2, 0) is 7.05 Å². The lowest BCUT2D eigenvalue weighted by molar-refractivity contribution is -0.778. The smallest absolute Gasteiger partial charge is 0.417 e. The molecule has 0 bridgehead atoms. The van der Waals surface area contributed by atoms with Crippen molar-refractivity contribution in [3.8, 4) is 0 Å². The molecule has 0 radical (unpaired) electrons. The summed E-state index contributed by atoms with van der Waals surface area (Å²) >= 11 is 0. The fourth-order valence-corrected chi connectivity index (χ4v) is 0.516. The molecule has 3 nitrogen and oxygen atoms in total. The van der Waals surface area contributed by atoms with Crippen LogP contribution in [0.2, 0.25) is 0 Å². The summed E-state index contributed by atoms with van der Waals surface area (Å²) in [6, 6.07) is 1.69. The summed E-state index contributed by atoms with van der Waals surface area (Å²) in [5, 5.41) is 10.4. The van der Waals surface area contributed by atoms with Gasteiger partial charge in [0.2, 0.25) is 0 Å². The van der Waals surface area contributed by atoms with Gasteiger partial charge in [-0.25, -0.2) is 0 Å². The van der Waals surface area contributed by atoms with Gasteiger partial charge in [0, 0.05) is 0 Å². The Hall–Kier alpha value is -1.12. The minimum Gasteiger partial charge on any atom is -0.614 e. The Bertz CT molecular complexity index is 172. The molecule has 1 aromatic heterocycles. The van der Waals surface area contributed by atoms with Gasteiger partial charge in [-0.05, 0) is 0 Å². The van der Waals surface area contributed by atoms with Crippen LogP contribution in [0.25, 0.3) is 0 Å². The maximum absolute atomic E-state index is 10.4. The molecular formula is C9H19N2O+. The van der Waals surface area contributed by atoms with Crippen LogP contribution in [0, 0.1) is 5.21 Å². The first-order valence-electron chi connectivity index (χ1n) is 4.33. The van der Waals surface area contributed by atoms with Crippen LogP contribution in [-0.4, -0.2) is 0 Å². The van der Waals surface area contributed by atoms with Gasteiger partial charge in [0.1, 0.15) is 7.05 Å². The lowest BCUT2D eigenvalue weighted by Gasteiger charge is -1.87. The average molecular weight is 171 g/mol. The molecule has 0 amide bonds. The maximum Gasteiger partial charge on any atom is 0.417 e. The minimum atomic E-state index is 0.750. The zero-order chi connectivity index (χ0) is 9.98. The van der Waals surface area contributed by atoms with Crippen LogP contribution < -0.4 is 9.30 Å². The summed E-state index contributed by atoms with van der Waals surface area (Å²) < 4.78 is 2.44. The van der Waals surface area contributed by atoms with Crippen LogP contribution in [0.15, 0.2) is 24.8 Å². The quantitative estimate of drug-likeness (QED) is 0.426. The molecule has 1 aromatic rings. The molecule has 0 spiro atoms. The number of hydrogen-bond acceptors (Lipinski definition) is 1. The highest BCUT2D eigenvalue weighted by atomic mass is 16.5. The van der Waals surface area contributed by atoms with E-state index in [-0.39, 0.29) is 0 Å². The first kappa shape index (κ1) is 13.5. The maximum atomic E-state index is 10.4. The van der Waals surface area contributed by atoms with E-state index in [0.717, 1.165) is 4.73 Å². The number of hydrogen-bond donors (Lipinski definition) is 0. The molecule has 1 heterocycles. The van der Waals surface area contributed by atoms with E-state index >= 15 is 0 Å². The van der Waals surface area contributed by atoms with E-state index in [1.807, 2.05) is 27.7 Å².